The van der Waals surface area contributed by atoms with Crippen LogP contribution in [0.5, 0.6) is 23.0 Å². The van der Waals surface area contributed by atoms with Crippen LogP contribution in [0.3, 0.4) is 0 Å². The van der Waals surface area contributed by atoms with E-state index in [0.717, 1.165) is 44.5 Å². The summed E-state index contributed by atoms with van der Waals surface area (Å²) < 4.78 is 112. The van der Waals surface area contributed by atoms with Crippen LogP contribution in [0, 0.1) is 48.8 Å². The molecule has 10 heteroatoms. The minimum absolute atomic E-state index is 0.134. The Morgan fingerprint density at radius 1 is 0.284 bits per heavy atom. The van der Waals surface area contributed by atoms with Crippen LogP contribution >= 0.6 is 0 Å². The van der Waals surface area contributed by atoms with E-state index < -0.39 is 34.1 Å². The fourth-order valence-electron chi connectivity index (χ4n) is 15.2. The molecule has 494 valence electrons. The second kappa shape index (κ2) is 25.9. The van der Waals surface area contributed by atoms with Crippen molar-refractivity contribution in [3.05, 3.63) is 418 Å². The zero-order valence-corrected chi connectivity index (χ0v) is 55.4. The fraction of sp³-hybridized carbons (Fsp3) is 0.0435. The van der Waals surface area contributed by atoms with Crippen molar-refractivity contribution in [1.29, 1.82) is 0 Å². The Hall–Kier alpha value is -12.7. The van der Waals surface area contributed by atoms with Crippen molar-refractivity contribution in [3.8, 4) is 56.4 Å². The summed E-state index contributed by atoms with van der Waals surface area (Å²) in [6, 6.07) is 90.9. The van der Waals surface area contributed by atoms with Gasteiger partial charge in [0.15, 0.2) is 0 Å². The number of halogens is 6. The molecule has 0 aromatic heterocycles. The van der Waals surface area contributed by atoms with Gasteiger partial charge in [0.05, 0.1) is 10.8 Å². The first-order valence-corrected chi connectivity index (χ1v) is 33.5. The first-order valence-electron chi connectivity index (χ1n) is 33.5. The van der Waals surface area contributed by atoms with Crippen molar-refractivity contribution in [2.45, 2.75) is 24.7 Å². The van der Waals surface area contributed by atoms with E-state index in [1.165, 1.54) is 48.5 Å². The maximum Gasteiger partial charge on any atom is 0.130 e. The van der Waals surface area contributed by atoms with Crippen LogP contribution in [-0.2, 0) is 10.8 Å². The van der Waals surface area contributed by atoms with Gasteiger partial charge in [0.2, 0.25) is 0 Å². The van der Waals surface area contributed by atoms with Crippen LogP contribution in [-0.4, -0.2) is 0 Å². The van der Waals surface area contributed by atoms with Gasteiger partial charge in [-0.25, -0.2) is 26.3 Å². The average molecular weight is 1340 g/mol. The number of benzene rings is 14. The Kier molecular flexibility index (Phi) is 16.3. The lowest BCUT2D eigenvalue weighted by atomic mass is 9.67. The second-order valence-corrected chi connectivity index (χ2v) is 25.7. The van der Waals surface area contributed by atoms with E-state index in [1.54, 1.807) is 50.3 Å². The number of aryl methyl sites for hydroxylation is 2. The van der Waals surface area contributed by atoms with Gasteiger partial charge in [-0.1, -0.05) is 171 Å². The highest BCUT2D eigenvalue weighted by atomic mass is 19.2. The zero-order valence-electron chi connectivity index (χ0n) is 55.4. The van der Waals surface area contributed by atoms with Crippen molar-refractivity contribution in [1.82, 2.24) is 0 Å². The quantitative estimate of drug-likeness (QED) is 0.0849. The molecule has 0 saturated carbocycles. The predicted octanol–water partition coefficient (Wildman–Crippen LogP) is 25.3. The monoisotopic (exact) mass is 1340 g/mol. The maximum atomic E-state index is 17.1. The molecule has 0 fully saturated rings. The molecule has 4 nitrogen and oxygen atoms in total. The molecule has 0 aliphatic heterocycles. The Morgan fingerprint density at radius 3 is 0.931 bits per heavy atom. The van der Waals surface area contributed by atoms with Gasteiger partial charge in [-0.15, -0.1) is 0 Å². The van der Waals surface area contributed by atoms with Gasteiger partial charge >= 0.3 is 0 Å². The number of nitrogens with zero attached hydrogens (tertiary/aromatic N) is 2. The molecule has 2 unspecified atom stereocenters. The molecule has 2 aliphatic rings. The van der Waals surface area contributed by atoms with Crippen molar-refractivity contribution in [2.24, 2.45) is 0 Å². The molecular weight excluding hydrogens is 1280 g/mol. The van der Waals surface area contributed by atoms with E-state index in [0.29, 0.717) is 102 Å². The second-order valence-electron chi connectivity index (χ2n) is 25.7. The van der Waals surface area contributed by atoms with E-state index in [4.69, 9.17) is 9.47 Å². The summed E-state index contributed by atoms with van der Waals surface area (Å²) in [7, 11) is 0. The summed E-state index contributed by atoms with van der Waals surface area (Å²) >= 11 is 0. The highest BCUT2D eigenvalue weighted by Crippen LogP contribution is 2.61. The van der Waals surface area contributed by atoms with Gasteiger partial charge < -0.3 is 19.3 Å². The summed E-state index contributed by atoms with van der Waals surface area (Å²) in [5, 5.41) is 0. The number of rotatable bonds is 17. The summed E-state index contributed by atoms with van der Waals surface area (Å²) in [6.07, 6.45) is 3.51. The third-order valence-electron chi connectivity index (χ3n) is 19.9. The van der Waals surface area contributed by atoms with Crippen LogP contribution < -0.4 is 19.3 Å². The first kappa shape index (κ1) is 64.0. The van der Waals surface area contributed by atoms with Gasteiger partial charge in [-0.3, -0.25) is 0 Å². The van der Waals surface area contributed by atoms with Gasteiger partial charge in [-0.2, -0.15) is 0 Å². The minimum Gasteiger partial charge on any atom is -0.457 e. The van der Waals surface area contributed by atoms with Crippen LogP contribution in [0.1, 0.15) is 66.8 Å². The minimum atomic E-state index is -1.52. The first-order chi connectivity index (χ1) is 49.7. The van der Waals surface area contributed by atoms with Crippen molar-refractivity contribution >= 4 is 46.3 Å². The van der Waals surface area contributed by atoms with Gasteiger partial charge in [0, 0.05) is 45.3 Å². The molecular formula is C92H62F6N2O2. The molecule has 0 saturated heterocycles. The molecule has 0 spiro atoms. The average Bonchev–Trinajstić information content (AvgIpc) is 1.53. The molecule has 16 rings (SSSR count). The highest BCUT2D eigenvalue weighted by Gasteiger charge is 2.51. The molecule has 0 N–H and O–H groups in total. The molecule has 0 bridgehead atoms. The van der Waals surface area contributed by atoms with E-state index in [9.17, 15) is 0 Å². The number of hydrogen-bond acceptors (Lipinski definition) is 4. The summed E-state index contributed by atoms with van der Waals surface area (Å²) in [5.74, 6) is -1.35. The Bertz CT molecular complexity index is 5210. The summed E-state index contributed by atoms with van der Waals surface area (Å²) in [6.45, 7) is 11.1. The van der Waals surface area contributed by atoms with Crippen molar-refractivity contribution in [2.75, 3.05) is 9.80 Å². The number of ether oxygens (including phenoxy) is 2. The molecule has 2 aliphatic carbocycles. The van der Waals surface area contributed by atoms with Crippen LogP contribution in [0.15, 0.2) is 316 Å². The van der Waals surface area contributed by atoms with Crippen LogP contribution in [0.2, 0.25) is 0 Å². The lowest BCUT2D eigenvalue weighted by molar-refractivity contribution is 0.481. The molecule has 102 heavy (non-hydrogen) atoms. The van der Waals surface area contributed by atoms with Crippen LogP contribution in [0.25, 0.3) is 45.5 Å². The summed E-state index contributed by atoms with van der Waals surface area (Å²) in [5.41, 5.74) is 12.2. The number of fused-ring (bicyclic) bond motifs is 6. The number of hydrogen-bond donors (Lipinski definition) is 0. The SMILES string of the molecule is C=Cc1ccc(Oc2ccc(C3(c4c(F)cccc4F)c4ccccc4-c4ccc(N(c5ccc(-c6ccc(N(c7ccc(F)c(C)c7)c7ccc8c(c7)C(c7ccc(Oc9ccc(C=C)cc9)cc7)(c7c(F)cccc7F)c7ccccc7-8)cc6)cc5)c5ccc(F)c(C)c5)cc43)cc2)cc1. The van der Waals surface area contributed by atoms with Crippen molar-refractivity contribution in [3.63, 3.8) is 0 Å². The van der Waals surface area contributed by atoms with E-state index in [2.05, 4.69) is 13.2 Å². The smallest absolute Gasteiger partial charge is 0.130 e. The van der Waals surface area contributed by atoms with Crippen molar-refractivity contribution < 1.29 is 35.8 Å². The predicted molar refractivity (Wildman–Crippen MR) is 398 cm³/mol. The molecule has 14 aromatic carbocycles. The molecule has 0 amide bonds. The maximum absolute atomic E-state index is 17.1. The highest BCUT2D eigenvalue weighted by molar-refractivity contribution is 5.92. The van der Waals surface area contributed by atoms with Crippen LogP contribution in [0.4, 0.5) is 60.5 Å². The molecule has 0 heterocycles. The molecule has 0 radical (unpaired) electrons. The zero-order chi connectivity index (χ0) is 70.0. The van der Waals surface area contributed by atoms with Gasteiger partial charge in [-0.05, 0) is 261 Å². The third-order valence-corrected chi connectivity index (χ3v) is 19.9. The van der Waals surface area contributed by atoms with Gasteiger partial charge in [0.1, 0.15) is 57.9 Å². The fourth-order valence-corrected chi connectivity index (χ4v) is 15.2. The van der Waals surface area contributed by atoms with Gasteiger partial charge in [0.25, 0.3) is 0 Å². The number of anilines is 6. The standard InChI is InChI=1S/C92H62F6N2O2/c1-5-59-21-41-71(42-22-59)101-73-45-29-63(30-46-73)91(89-85(95)17-11-18-86(89)96)79-15-9-7-13-75(79)77-49-37-69(55-81(77)91)99(67-39-51-83(93)57(3)53-67)65-33-25-61(26-34-65)62-27-35-66(36-28-62)100(68-40-52-84(94)58(4)54-68)70-38-50-78-76-14-8-10-16-80(76)92(82(78)56-70,90-87(97)19-12-20-88(90)98)64-31-47-74(48-32-64)102-72-43-23-60(6-2)24-44-72/h5-56H,1-2H2,3-4H3. The largest absolute Gasteiger partial charge is 0.457 e. The third kappa shape index (κ3) is 10.8. The topological polar surface area (TPSA) is 24.9 Å². The summed E-state index contributed by atoms with van der Waals surface area (Å²) in [4.78, 5) is 4.03. The van der Waals surface area contributed by atoms with E-state index >= 15 is 26.3 Å². The Morgan fingerprint density at radius 2 is 0.588 bits per heavy atom. The normalized spacial score (nSPS) is 14.6. The molecule has 14 aromatic rings. The molecule has 2 atom stereocenters. The Balaban J connectivity index is 0.786. The van der Waals surface area contributed by atoms with E-state index in [1.807, 2.05) is 240 Å². The lowest BCUT2D eigenvalue weighted by Gasteiger charge is -2.35. The Labute approximate surface area is 587 Å². The van der Waals surface area contributed by atoms with E-state index in [-0.39, 0.29) is 22.8 Å². The lowest BCUT2D eigenvalue weighted by Crippen LogP contribution is -2.31.